The van der Waals surface area contributed by atoms with Gasteiger partial charge in [0.15, 0.2) is 11.5 Å². The van der Waals surface area contributed by atoms with Crippen LogP contribution >= 0.6 is 0 Å². The van der Waals surface area contributed by atoms with E-state index in [1.54, 1.807) is 31.3 Å². The Hall–Kier alpha value is -2.60. The molecule has 1 fully saturated rings. The van der Waals surface area contributed by atoms with Gasteiger partial charge in [-0.3, -0.25) is 9.69 Å². The Kier molecular flexibility index (Phi) is 6.29. The molecule has 3 rings (SSSR count). The highest BCUT2D eigenvalue weighted by Crippen LogP contribution is 2.27. The smallest absolute Gasteiger partial charge is 0.254 e. The Morgan fingerprint density at radius 3 is 2.41 bits per heavy atom. The van der Waals surface area contributed by atoms with Crippen LogP contribution in [0.4, 0.5) is 4.39 Å². The molecule has 1 saturated heterocycles. The molecule has 0 radical (unpaired) electrons. The number of hydrogen-bond acceptors (Lipinski definition) is 4. The summed E-state index contributed by atoms with van der Waals surface area (Å²) in [6.45, 7) is 3.85. The molecule has 27 heavy (non-hydrogen) atoms. The summed E-state index contributed by atoms with van der Waals surface area (Å²) in [6.07, 6.45) is 0.901. The second-order valence-electron chi connectivity index (χ2n) is 6.58. The zero-order valence-corrected chi connectivity index (χ0v) is 15.8. The van der Waals surface area contributed by atoms with Gasteiger partial charge in [-0.05, 0) is 42.3 Å². The highest BCUT2D eigenvalue weighted by atomic mass is 19.1. The summed E-state index contributed by atoms with van der Waals surface area (Å²) in [4.78, 5) is 16.6. The highest BCUT2D eigenvalue weighted by molar-refractivity contribution is 5.94. The van der Waals surface area contributed by atoms with E-state index in [0.29, 0.717) is 18.7 Å². The van der Waals surface area contributed by atoms with Crippen molar-refractivity contribution >= 4 is 5.91 Å². The number of amides is 1. The van der Waals surface area contributed by atoms with Crippen LogP contribution in [0.2, 0.25) is 0 Å². The zero-order valence-electron chi connectivity index (χ0n) is 15.8. The number of ether oxygens (including phenoxy) is 2. The Labute approximate surface area is 159 Å². The van der Waals surface area contributed by atoms with Gasteiger partial charge in [0.1, 0.15) is 5.82 Å². The molecule has 1 amide bonds. The van der Waals surface area contributed by atoms with Gasteiger partial charge in [-0.15, -0.1) is 0 Å². The van der Waals surface area contributed by atoms with Crippen molar-refractivity contribution in [1.29, 1.82) is 0 Å². The van der Waals surface area contributed by atoms with Gasteiger partial charge in [0.25, 0.3) is 5.91 Å². The van der Waals surface area contributed by atoms with Gasteiger partial charge in [-0.1, -0.05) is 12.1 Å². The summed E-state index contributed by atoms with van der Waals surface area (Å²) < 4.78 is 23.9. The van der Waals surface area contributed by atoms with Crippen LogP contribution in [-0.4, -0.2) is 62.7 Å². The van der Waals surface area contributed by atoms with Crippen LogP contribution in [0.3, 0.4) is 0 Å². The van der Waals surface area contributed by atoms with Crippen molar-refractivity contribution in [3.63, 3.8) is 0 Å². The number of nitrogens with zero attached hydrogens (tertiary/aromatic N) is 2. The first-order chi connectivity index (χ1) is 13.1. The minimum atomic E-state index is -0.380. The first-order valence-corrected chi connectivity index (χ1v) is 9.09. The predicted molar refractivity (Wildman–Crippen MR) is 102 cm³/mol. The molecule has 2 aromatic rings. The van der Waals surface area contributed by atoms with Gasteiger partial charge in [0.2, 0.25) is 0 Å². The Morgan fingerprint density at radius 1 is 1.00 bits per heavy atom. The first-order valence-electron chi connectivity index (χ1n) is 9.09. The number of carbonyl (C=O) groups excluding carboxylic acids is 1. The van der Waals surface area contributed by atoms with Gasteiger partial charge < -0.3 is 14.4 Å². The number of rotatable bonds is 6. The van der Waals surface area contributed by atoms with Gasteiger partial charge in [-0.2, -0.15) is 0 Å². The molecule has 144 valence electrons. The maximum Gasteiger partial charge on any atom is 0.254 e. The van der Waals surface area contributed by atoms with Crippen LogP contribution in [0.25, 0.3) is 0 Å². The fraction of sp³-hybridized carbons (Fsp3) is 0.381. The maximum atomic E-state index is 13.3. The minimum Gasteiger partial charge on any atom is -0.493 e. The van der Waals surface area contributed by atoms with E-state index >= 15 is 0 Å². The fourth-order valence-corrected chi connectivity index (χ4v) is 3.30. The summed E-state index contributed by atoms with van der Waals surface area (Å²) in [7, 11) is 3.26. The van der Waals surface area contributed by atoms with Gasteiger partial charge in [-0.25, -0.2) is 4.39 Å². The summed E-state index contributed by atoms with van der Waals surface area (Å²) >= 11 is 0. The summed E-state index contributed by atoms with van der Waals surface area (Å²) in [5.74, 6) is 0.981. The predicted octanol–water partition coefficient (Wildman–Crippen LogP) is 2.84. The molecule has 5 nitrogen and oxygen atoms in total. The highest BCUT2D eigenvalue weighted by Gasteiger charge is 2.22. The molecule has 0 aliphatic carbocycles. The molecule has 0 unspecified atom stereocenters. The summed E-state index contributed by atoms with van der Waals surface area (Å²) in [6, 6.07) is 11.9. The minimum absolute atomic E-state index is 0.103. The van der Waals surface area contributed by atoms with Crippen molar-refractivity contribution in [3.8, 4) is 11.5 Å². The third-order valence-corrected chi connectivity index (χ3v) is 4.90. The van der Waals surface area contributed by atoms with Crippen molar-refractivity contribution in [2.45, 2.75) is 6.42 Å². The molecule has 1 aliphatic heterocycles. The Morgan fingerprint density at radius 2 is 1.74 bits per heavy atom. The van der Waals surface area contributed by atoms with Crippen LogP contribution in [0.5, 0.6) is 11.5 Å². The molecule has 0 aromatic heterocycles. The SMILES string of the molecule is COc1ccc(CCN2CCN(C(=O)c3cccc(F)c3)CC2)cc1OC. The molecule has 0 saturated carbocycles. The normalized spacial score (nSPS) is 14.9. The maximum absolute atomic E-state index is 13.3. The van der Waals surface area contributed by atoms with Crippen molar-refractivity contribution in [2.75, 3.05) is 46.9 Å². The molecule has 0 N–H and O–H groups in total. The van der Waals surface area contributed by atoms with E-state index < -0.39 is 0 Å². The number of methoxy groups -OCH3 is 2. The second-order valence-corrected chi connectivity index (χ2v) is 6.58. The largest absolute Gasteiger partial charge is 0.493 e. The van der Waals surface area contributed by atoms with Gasteiger partial charge in [0, 0.05) is 38.3 Å². The van der Waals surface area contributed by atoms with Crippen LogP contribution < -0.4 is 9.47 Å². The number of carbonyl (C=O) groups is 1. The molecule has 0 spiro atoms. The quantitative estimate of drug-likeness (QED) is 0.782. The van der Waals surface area contributed by atoms with Gasteiger partial charge in [0.05, 0.1) is 14.2 Å². The Balaban J connectivity index is 1.50. The van der Waals surface area contributed by atoms with Gasteiger partial charge >= 0.3 is 0 Å². The van der Waals surface area contributed by atoms with Crippen molar-refractivity contribution < 1.29 is 18.7 Å². The fourth-order valence-electron chi connectivity index (χ4n) is 3.30. The molecule has 0 atom stereocenters. The van der Waals surface area contributed by atoms with E-state index in [-0.39, 0.29) is 11.7 Å². The molecular weight excluding hydrogens is 347 g/mol. The molecule has 6 heteroatoms. The van der Waals surface area contributed by atoms with E-state index in [1.807, 2.05) is 18.2 Å². The second kappa shape index (κ2) is 8.86. The lowest BCUT2D eigenvalue weighted by molar-refractivity contribution is 0.0638. The van der Waals surface area contributed by atoms with Crippen molar-refractivity contribution in [1.82, 2.24) is 9.80 Å². The van der Waals surface area contributed by atoms with E-state index in [1.165, 1.54) is 17.7 Å². The lowest BCUT2D eigenvalue weighted by Gasteiger charge is -2.34. The standard InChI is InChI=1S/C21H25FN2O3/c1-26-19-7-6-16(14-20(19)27-2)8-9-23-10-12-24(13-11-23)21(25)17-4-3-5-18(22)15-17/h3-7,14-15H,8-13H2,1-2H3. The molecule has 1 aliphatic rings. The third-order valence-electron chi connectivity index (χ3n) is 4.90. The Bertz CT molecular complexity index is 789. The van der Waals surface area contributed by atoms with E-state index in [4.69, 9.17) is 9.47 Å². The van der Waals surface area contributed by atoms with Crippen LogP contribution in [-0.2, 0) is 6.42 Å². The summed E-state index contributed by atoms with van der Waals surface area (Å²) in [5.41, 5.74) is 1.60. The van der Waals surface area contributed by atoms with Crippen molar-refractivity contribution in [2.24, 2.45) is 0 Å². The molecular formula is C21H25FN2O3. The topological polar surface area (TPSA) is 42.0 Å². The third kappa shape index (κ3) is 4.77. The van der Waals surface area contributed by atoms with Crippen LogP contribution in [0, 0.1) is 5.82 Å². The first kappa shape index (κ1) is 19.2. The van der Waals surface area contributed by atoms with Crippen LogP contribution in [0.1, 0.15) is 15.9 Å². The van der Waals surface area contributed by atoms with E-state index in [0.717, 1.165) is 37.6 Å². The number of benzene rings is 2. The van der Waals surface area contributed by atoms with E-state index in [2.05, 4.69) is 4.90 Å². The zero-order chi connectivity index (χ0) is 19.2. The average molecular weight is 372 g/mol. The summed E-state index contributed by atoms with van der Waals surface area (Å²) in [5, 5.41) is 0. The molecule has 2 aromatic carbocycles. The number of halogens is 1. The lowest BCUT2D eigenvalue weighted by Crippen LogP contribution is -2.49. The molecule has 1 heterocycles. The molecule has 0 bridgehead atoms. The van der Waals surface area contributed by atoms with Crippen LogP contribution in [0.15, 0.2) is 42.5 Å². The van der Waals surface area contributed by atoms with E-state index in [9.17, 15) is 9.18 Å². The average Bonchev–Trinajstić information content (AvgIpc) is 2.71. The van der Waals surface area contributed by atoms with Crippen molar-refractivity contribution in [3.05, 3.63) is 59.4 Å². The monoisotopic (exact) mass is 372 g/mol. The lowest BCUT2D eigenvalue weighted by atomic mass is 10.1. The number of hydrogen-bond donors (Lipinski definition) is 0. The number of piperazine rings is 1.